The molecule has 1 fully saturated rings. The topological polar surface area (TPSA) is 93.8 Å². The lowest BCUT2D eigenvalue weighted by Gasteiger charge is -2.35. The van der Waals surface area contributed by atoms with Crippen LogP contribution in [-0.4, -0.2) is 61.2 Å². The molecule has 144 valence electrons. The highest BCUT2D eigenvalue weighted by molar-refractivity contribution is 5.93. The fraction of sp³-hybridized carbons (Fsp3) is 0.421. The quantitative estimate of drug-likeness (QED) is 0.820. The Hall–Kier alpha value is -3.03. The van der Waals surface area contributed by atoms with Crippen LogP contribution in [0.4, 0.5) is 11.8 Å². The molecule has 27 heavy (non-hydrogen) atoms. The summed E-state index contributed by atoms with van der Waals surface area (Å²) < 4.78 is 10.7. The second-order valence-corrected chi connectivity index (χ2v) is 6.38. The van der Waals surface area contributed by atoms with E-state index in [2.05, 4.69) is 9.97 Å². The second kappa shape index (κ2) is 7.69. The molecule has 0 unspecified atom stereocenters. The molecular formula is C19H25N5O3. The van der Waals surface area contributed by atoms with E-state index in [1.807, 2.05) is 29.7 Å². The van der Waals surface area contributed by atoms with Crippen molar-refractivity contribution in [1.82, 2.24) is 14.9 Å². The molecule has 1 amide bonds. The maximum Gasteiger partial charge on any atom is 0.249 e. The Bertz CT molecular complexity index is 889. The molecule has 0 saturated carbocycles. The average molecular weight is 371 g/mol. The van der Waals surface area contributed by atoms with Crippen LogP contribution < -0.4 is 20.1 Å². The van der Waals surface area contributed by atoms with Crippen molar-refractivity contribution in [3.63, 3.8) is 0 Å². The zero-order chi connectivity index (χ0) is 19.6. The van der Waals surface area contributed by atoms with Crippen LogP contribution in [-0.2, 0) is 4.79 Å². The van der Waals surface area contributed by atoms with E-state index in [0.717, 1.165) is 5.57 Å². The van der Waals surface area contributed by atoms with Crippen molar-refractivity contribution in [2.75, 3.05) is 51.0 Å². The SMILES string of the molecule is CC=C(C)C(=O)N1CCN(c2nc(N)c3cc(OC)c(OC)cc3n2)CC1. The zero-order valence-electron chi connectivity index (χ0n) is 16.2. The lowest BCUT2D eigenvalue weighted by molar-refractivity contribution is -0.127. The van der Waals surface area contributed by atoms with Crippen LogP contribution in [0.5, 0.6) is 11.5 Å². The third-order valence-electron chi connectivity index (χ3n) is 4.84. The molecule has 1 aliphatic heterocycles. The maximum absolute atomic E-state index is 12.3. The van der Waals surface area contributed by atoms with Gasteiger partial charge in [0.25, 0.3) is 0 Å². The smallest absolute Gasteiger partial charge is 0.249 e. The van der Waals surface area contributed by atoms with Crippen LogP contribution in [0, 0.1) is 0 Å². The van der Waals surface area contributed by atoms with E-state index in [4.69, 9.17) is 15.2 Å². The molecule has 0 atom stereocenters. The fourth-order valence-corrected chi connectivity index (χ4v) is 3.09. The Labute approximate surface area is 158 Å². The summed E-state index contributed by atoms with van der Waals surface area (Å²) in [6.45, 7) is 6.26. The Balaban J connectivity index is 1.85. The van der Waals surface area contributed by atoms with E-state index in [1.165, 1.54) is 0 Å². The number of hydrogen-bond acceptors (Lipinski definition) is 7. The summed E-state index contributed by atoms with van der Waals surface area (Å²) in [5.74, 6) is 2.19. The minimum Gasteiger partial charge on any atom is -0.493 e. The molecule has 1 saturated heterocycles. The number of hydrogen-bond donors (Lipinski definition) is 1. The second-order valence-electron chi connectivity index (χ2n) is 6.38. The number of nitrogens with two attached hydrogens (primary N) is 1. The van der Waals surface area contributed by atoms with E-state index in [9.17, 15) is 4.79 Å². The number of ether oxygens (including phenoxy) is 2. The van der Waals surface area contributed by atoms with Crippen molar-refractivity contribution < 1.29 is 14.3 Å². The van der Waals surface area contributed by atoms with Gasteiger partial charge in [-0.25, -0.2) is 4.98 Å². The Morgan fingerprint density at radius 3 is 2.33 bits per heavy atom. The number of aromatic nitrogens is 2. The van der Waals surface area contributed by atoms with Gasteiger partial charge in [-0.3, -0.25) is 4.79 Å². The molecule has 2 aromatic rings. The molecule has 3 rings (SSSR count). The van der Waals surface area contributed by atoms with Crippen LogP contribution in [0.25, 0.3) is 10.9 Å². The van der Waals surface area contributed by atoms with Crippen LogP contribution in [0.2, 0.25) is 0 Å². The summed E-state index contributed by atoms with van der Waals surface area (Å²) in [5, 5.41) is 0.717. The first-order chi connectivity index (χ1) is 13.0. The van der Waals surface area contributed by atoms with Gasteiger partial charge >= 0.3 is 0 Å². The zero-order valence-corrected chi connectivity index (χ0v) is 16.2. The van der Waals surface area contributed by atoms with Crippen LogP contribution >= 0.6 is 0 Å². The number of fused-ring (bicyclic) bond motifs is 1. The number of anilines is 2. The molecule has 8 heteroatoms. The van der Waals surface area contributed by atoms with E-state index in [-0.39, 0.29) is 5.91 Å². The number of amides is 1. The normalized spacial score (nSPS) is 15.2. The molecule has 2 N–H and O–H groups in total. The Morgan fingerprint density at radius 2 is 1.74 bits per heavy atom. The van der Waals surface area contributed by atoms with Crippen LogP contribution in [0.15, 0.2) is 23.8 Å². The molecule has 1 aliphatic rings. The maximum atomic E-state index is 12.3. The summed E-state index contributed by atoms with van der Waals surface area (Å²) in [6.07, 6.45) is 1.84. The van der Waals surface area contributed by atoms with E-state index in [1.54, 1.807) is 26.4 Å². The third-order valence-corrected chi connectivity index (χ3v) is 4.84. The molecule has 8 nitrogen and oxygen atoms in total. The lowest BCUT2D eigenvalue weighted by atomic mass is 10.2. The average Bonchev–Trinajstić information content (AvgIpc) is 2.71. The summed E-state index contributed by atoms with van der Waals surface area (Å²) >= 11 is 0. The molecule has 1 aromatic heterocycles. The van der Waals surface area contributed by atoms with Crippen molar-refractivity contribution in [3.05, 3.63) is 23.8 Å². The Kier molecular flexibility index (Phi) is 5.34. The van der Waals surface area contributed by atoms with Crippen molar-refractivity contribution in [2.45, 2.75) is 13.8 Å². The van der Waals surface area contributed by atoms with Gasteiger partial charge in [-0.05, 0) is 19.9 Å². The van der Waals surface area contributed by atoms with E-state index < -0.39 is 0 Å². The molecule has 0 radical (unpaired) electrons. The predicted molar refractivity (Wildman–Crippen MR) is 105 cm³/mol. The van der Waals surface area contributed by atoms with Gasteiger partial charge in [-0.1, -0.05) is 6.08 Å². The number of nitrogen functional groups attached to an aromatic ring is 1. The Morgan fingerprint density at radius 1 is 1.11 bits per heavy atom. The number of carbonyl (C=O) groups excluding carboxylic acids is 1. The van der Waals surface area contributed by atoms with Gasteiger partial charge in [0, 0.05) is 43.2 Å². The summed E-state index contributed by atoms with van der Waals surface area (Å²) in [7, 11) is 3.16. The largest absolute Gasteiger partial charge is 0.493 e. The number of methoxy groups -OCH3 is 2. The molecule has 0 spiro atoms. The van der Waals surface area contributed by atoms with Gasteiger partial charge in [-0.15, -0.1) is 0 Å². The van der Waals surface area contributed by atoms with Crippen molar-refractivity contribution in [2.24, 2.45) is 0 Å². The van der Waals surface area contributed by atoms with Crippen molar-refractivity contribution in [3.8, 4) is 11.5 Å². The summed E-state index contributed by atoms with van der Waals surface area (Å²) in [4.78, 5) is 25.3. The summed E-state index contributed by atoms with van der Waals surface area (Å²) in [5.41, 5.74) is 7.62. The van der Waals surface area contributed by atoms with Gasteiger partial charge in [0.05, 0.1) is 19.7 Å². The number of piperazine rings is 1. The third kappa shape index (κ3) is 3.60. The molecule has 0 bridgehead atoms. The first-order valence-electron chi connectivity index (χ1n) is 8.84. The van der Waals surface area contributed by atoms with Crippen molar-refractivity contribution in [1.29, 1.82) is 0 Å². The van der Waals surface area contributed by atoms with E-state index in [0.29, 0.717) is 60.3 Å². The minimum absolute atomic E-state index is 0.0768. The van der Waals surface area contributed by atoms with Gasteiger partial charge in [-0.2, -0.15) is 4.98 Å². The lowest BCUT2D eigenvalue weighted by Crippen LogP contribution is -2.49. The molecule has 2 heterocycles. The fourth-order valence-electron chi connectivity index (χ4n) is 3.09. The van der Waals surface area contributed by atoms with Gasteiger partial charge < -0.3 is 25.0 Å². The van der Waals surface area contributed by atoms with Gasteiger partial charge in [0.15, 0.2) is 11.5 Å². The van der Waals surface area contributed by atoms with Crippen LogP contribution in [0.3, 0.4) is 0 Å². The molecule has 1 aromatic carbocycles. The van der Waals surface area contributed by atoms with Crippen molar-refractivity contribution >= 4 is 28.6 Å². The monoisotopic (exact) mass is 371 g/mol. The highest BCUT2D eigenvalue weighted by Gasteiger charge is 2.24. The standard InChI is InChI=1S/C19H25N5O3/c1-5-12(2)18(25)23-6-8-24(9-7-23)19-21-14-11-16(27-4)15(26-3)10-13(14)17(20)22-19/h5,10-11H,6-9H2,1-4H3,(H2,20,21,22). The minimum atomic E-state index is 0.0768. The number of allylic oxidation sites excluding steroid dienone is 1. The highest BCUT2D eigenvalue weighted by Crippen LogP contribution is 2.34. The molecular weight excluding hydrogens is 346 g/mol. The number of rotatable bonds is 4. The number of carbonyl (C=O) groups is 1. The number of nitrogens with zero attached hydrogens (tertiary/aromatic N) is 4. The van der Waals surface area contributed by atoms with Crippen LogP contribution in [0.1, 0.15) is 13.8 Å². The molecule has 0 aliphatic carbocycles. The van der Waals surface area contributed by atoms with Gasteiger partial charge in [0.1, 0.15) is 5.82 Å². The predicted octanol–water partition coefficient (Wildman–Crippen LogP) is 1.84. The number of benzene rings is 1. The summed E-state index contributed by atoms with van der Waals surface area (Å²) in [6, 6.07) is 3.58. The van der Waals surface area contributed by atoms with Gasteiger partial charge in [0.2, 0.25) is 11.9 Å². The highest BCUT2D eigenvalue weighted by atomic mass is 16.5. The van der Waals surface area contributed by atoms with E-state index >= 15 is 0 Å². The first-order valence-corrected chi connectivity index (χ1v) is 8.84. The first kappa shape index (κ1) is 18.8.